The highest BCUT2D eigenvalue weighted by atomic mass is 32.2. The number of likely N-dealkylation sites (tertiary alicyclic amines) is 1. The van der Waals surface area contributed by atoms with Crippen LogP contribution in [0.5, 0.6) is 0 Å². The number of nitrogens with one attached hydrogen (secondary N) is 1. The van der Waals surface area contributed by atoms with E-state index in [4.69, 9.17) is 0 Å². The van der Waals surface area contributed by atoms with Crippen LogP contribution >= 0.6 is 0 Å². The van der Waals surface area contributed by atoms with Crippen molar-refractivity contribution in [2.45, 2.75) is 43.5 Å². The minimum atomic E-state index is -3.17. The standard InChI is InChI=1S/C24H31N3O2S/c1-4-7-19(8-5-2)15-22-17-25-26-24(22)21-11-13-27(14-12-21)18-20-9-6-10-23(16-20)30(3,28)29/h4-10,16-17,21H,1,11-15,18H2,2-3H3,(H,25,26)/b8-5-,19-7+. The molecular weight excluding hydrogens is 394 g/mol. The van der Waals surface area contributed by atoms with Crippen LogP contribution in [0.3, 0.4) is 0 Å². The minimum absolute atomic E-state index is 0.390. The molecule has 160 valence electrons. The summed E-state index contributed by atoms with van der Waals surface area (Å²) in [6.07, 6.45) is 14.2. The third-order valence-electron chi connectivity index (χ3n) is 5.59. The first-order valence-corrected chi connectivity index (χ1v) is 12.3. The molecule has 1 saturated heterocycles. The first kappa shape index (κ1) is 22.2. The second-order valence-electron chi connectivity index (χ2n) is 7.93. The third-order valence-corrected chi connectivity index (χ3v) is 6.70. The molecule has 1 aromatic heterocycles. The van der Waals surface area contributed by atoms with Crippen molar-refractivity contribution in [3.8, 4) is 0 Å². The average molecular weight is 426 g/mol. The van der Waals surface area contributed by atoms with Gasteiger partial charge >= 0.3 is 0 Å². The lowest BCUT2D eigenvalue weighted by atomic mass is 9.89. The van der Waals surface area contributed by atoms with Gasteiger partial charge in [-0.3, -0.25) is 10.00 Å². The summed E-state index contributed by atoms with van der Waals surface area (Å²) in [6, 6.07) is 7.29. The van der Waals surface area contributed by atoms with Gasteiger partial charge in [0.05, 0.1) is 11.1 Å². The Kier molecular flexibility index (Phi) is 7.45. The fourth-order valence-electron chi connectivity index (χ4n) is 4.09. The Hall–Kier alpha value is -2.44. The third kappa shape index (κ3) is 5.80. The maximum Gasteiger partial charge on any atom is 0.175 e. The average Bonchev–Trinajstić information content (AvgIpc) is 3.17. The first-order valence-electron chi connectivity index (χ1n) is 10.4. The summed E-state index contributed by atoms with van der Waals surface area (Å²) in [5, 5.41) is 7.56. The highest BCUT2D eigenvalue weighted by Gasteiger charge is 2.24. The first-order chi connectivity index (χ1) is 14.4. The van der Waals surface area contributed by atoms with Crippen molar-refractivity contribution in [1.82, 2.24) is 15.1 Å². The molecule has 0 saturated carbocycles. The van der Waals surface area contributed by atoms with Crippen LogP contribution in [0.2, 0.25) is 0 Å². The van der Waals surface area contributed by atoms with Crippen molar-refractivity contribution in [2.24, 2.45) is 0 Å². The number of hydrogen-bond donors (Lipinski definition) is 1. The van der Waals surface area contributed by atoms with Crippen LogP contribution in [0.1, 0.15) is 42.5 Å². The molecule has 0 unspecified atom stereocenters. The van der Waals surface area contributed by atoms with Crippen molar-refractivity contribution in [3.63, 3.8) is 0 Å². The molecule has 0 spiro atoms. The highest BCUT2D eigenvalue weighted by Crippen LogP contribution is 2.30. The number of hydrogen-bond acceptors (Lipinski definition) is 4. The van der Waals surface area contributed by atoms with Gasteiger partial charge in [0.25, 0.3) is 0 Å². The Morgan fingerprint density at radius 1 is 1.33 bits per heavy atom. The molecule has 0 amide bonds. The normalized spacial score (nSPS) is 16.9. The van der Waals surface area contributed by atoms with E-state index in [1.54, 1.807) is 12.1 Å². The lowest BCUT2D eigenvalue weighted by molar-refractivity contribution is 0.203. The van der Waals surface area contributed by atoms with Crippen LogP contribution in [0.25, 0.3) is 0 Å². The van der Waals surface area contributed by atoms with Crippen LogP contribution in [0, 0.1) is 0 Å². The van der Waals surface area contributed by atoms with Crippen LogP contribution in [-0.4, -0.2) is 42.9 Å². The van der Waals surface area contributed by atoms with Gasteiger partial charge in [-0.1, -0.05) is 43.0 Å². The van der Waals surface area contributed by atoms with Crippen LogP contribution < -0.4 is 0 Å². The maximum absolute atomic E-state index is 11.8. The molecule has 5 nitrogen and oxygen atoms in total. The van der Waals surface area contributed by atoms with E-state index >= 15 is 0 Å². The van der Waals surface area contributed by atoms with E-state index in [1.165, 1.54) is 23.1 Å². The zero-order valence-electron chi connectivity index (χ0n) is 17.8. The molecule has 6 heteroatoms. The number of H-pyrrole nitrogens is 1. The van der Waals surface area contributed by atoms with Gasteiger partial charge in [-0.05, 0) is 61.7 Å². The number of aromatic amines is 1. The number of piperidine rings is 1. The second kappa shape index (κ2) is 10.0. The van der Waals surface area contributed by atoms with Crippen LogP contribution in [-0.2, 0) is 22.8 Å². The molecule has 2 aromatic rings. The Bertz CT molecular complexity index is 1030. The molecule has 0 aliphatic carbocycles. The smallest absolute Gasteiger partial charge is 0.175 e. The molecule has 0 radical (unpaired) electrons. The van der Waals surface area contributed by atoms with Crippen LogP contribution in [0.15, 0.2) is 71.8 Å². The fourth-order valence-corrected chi connectivity index (χ4v) is 4.78. The molecule has 1 aliphatic rings. The number of nitrogens with zero attached hydrogens (tertiary/aromatic N) is 2. The summed E-state index contributed by atoms with van der Waals surface area (Å²) in [5.41, 5.74) is 4.76. The number of benzene rings is 1. The Morgan fingerprint density at radius 2 is 2.10 bits per heavy atom. The number of aromatic nitrogens is 2. The summed E-state index contributed by atoms with van der Waals surface area (Å²) in [4.78, 5) is 2.79. The van der Waals surface area contributed by atoms with Gasteiger partial charge < -0.3 is 0 Å². The SMILES string of the molecule is C=C/C=C(\C=C/C)Cc1cn[nH]c1C1CCN(Cc2cccc(S(C)(=O)=O)c2)CC1. The van der Waals surface area contributed by atoms with Crippen molar-refractivity contribution in [2.75, 3.05) is 19.3 Å². The van der Waals surface area contributed by atoms with Crippen molar-refractivity contribution in [1.29, 1.82) is 0 Å². The predicted molar refractivity (Wildman–Crippen MR) is 122 cm³/mol. The number of allylic oxidation sites excluding steroid dienone is 5. The Balaban J connectivity index is 1.62. The van der Waals surface area contributed by atoms with Crippen molar-refractivity contribution >= 4 is 9.84 Å². The van der Waals surface area contributed by atoms with Gasteiger partial charge in [-0.25, -0.2) is 8.42 Å². The molecule has 1 aliphatic heterocycles. The fraction of sp³-hybridized carbons (Fsp3) is 0.375. The number of sulfone groups is 1. The van der Waals surface area contributed by atoms with E-state index in [0.29, 0.717) is 10.8 Å². The van der Waals surface area contributed by atoms with Gasteiger partial charge in [0, 0.05) is 30.8 Å². The molecule has 0 bridgehead atoms. The summed E-state index contributed by atoms with van der Waals surface area (Å²) in [7, 11) is -3.17. The number of rotatable bonds is 8. The zero-order chi connectivity index (χ0) is 21.6. The monoisotopic (exact) mass is 425 g/mol. The molecular formula is C24H31N3O2S. The molecule has 0 atom stereocenters. The topological polar surface area (TPSA) is 66.1 Å². The summed E-state index contributed by atoms with van der Waals surface area (Å²) >= 11 is 0. The molecule has 1 fully saturated rings. The van der Waals surface area contributed by atoms with Gasteiger partial charge in [-0.2, -0.15) is 5.10 Å². The molecule has 3 rings (SSSR count). The molecule has 1 aromatic carbocycles. The largest absolute Gasteiger partial charge is 0.299 e. The predicted octanol–water partition coefficient (Wildman–Crippen LogP) is 4.42. The highest BCUT2D eigenvalue weighted by molar-refractivity contribution is 7.90. The van der Waals surface area contributed by atoms with Crippen molar-refractivity contribution in [3.05, 3.63) is 83.7 Å². The van der Waals surface area contributed by atoms with Crippen LogP contribution in [0.4, 0.5) is 0 Å². The van der Waals surface area contributed by atoms with E-state index < -0.39 is 9.84 Å². The molecule has 30 heavy (non-hydrogen) atoms. The maximum atomic E-state index is 11.8. The summed E-state index contributed by atoms with van der Waals surface area (Å²) in [5.74, 6) is 0.469. The van der Waals surface area contributed by atoms with Crippen molar-refractivity contribution < 1.29 is 8.42 Å². The lowest BCUT2D eigenvalue weighted by Crippen LogP contribution is -2.32. The minimum Gasteiger partial charge on any atom is -0.299 e. The van der Waals surface area contributed by atoms with E-state index in [9.17, 15) is 8.42 Å². The van der Waals surface area contributed by atoms with Gasteiger partial charge in [0.2, 0.25) is 0 Å². The molecule has 1 N–H and O–H groups in total. The summed E-state index contributed by atoms with van der Waals surface area (Å²) < 4.78 is 23.6. The Morgan fingerprint density at radius 3 is 2.77 bits per heavy atom. The lowest BCUT2D eigenvalue weighted by Gasteiger charge is -2.32. The quantitative estimate of drug-likeness (QED) is 0.636. The van der Waals surface area contributed by atoms with Gasteiger partial charge in [0.1, 0.15) is 0 Å². The zero-order valence-corrected chi connectivity index (χ0v) is 18.7. The summed E-state index contributed by atoms with van der Waals surface area (Å²) in [6.45, 7) is 8.58. The van der Waals surface area contributed by atoms with Gasteiger partial charge in [-0.15, -0.1) is 0 Å². The second-order valence-corrected chi connectivity index (χ2v) is 9.95. The van der Waals surface area contributed by atoms with Gasteiger partial charge in [0.15, 0.2) is 9.84 Å². The van der Waals surface area contributed by atoms with E-state index in [0.717, 1.165) is 44.5 Å². The molecule has 2 heterocycles. The van der Waals surface area contributed by atoms with E-state index in [2.05, 4.69) is 27.8 Å². The van der Waals surface area contributed by atoms with E-state index in [-0.39, 0.29) is 0 Å². The van der Waals surface area contributed by atoms with E-state index in [1.807, 2.05) is 43.5 Å². The Labute approximate surface area is 180 Å².